The topological polar surface area (TPSA) is 78.9 Å². The third-order valence-corrected chi connectivity index (χ3v) is 5.45. The number of aromatic hydroxyl groups is 1. The van der Waals surface area contributed by atoms with Gasteiger partial charge in [-0.1, -0.05) is 30.0 Å². The highest BCUT2D eigenvalue weighted by Crippen LogP contribution is 2.36. The summed E-state index contributed by atoms with van der Waals surface area (Å²) < 4.78 is 33.1. The molecule has 10 heteroatoms. The van der Waals surface area contributed by atoms with Crippen LogP contribution in [0.25, 0.3) is 6.08 Å². The molecule has 1 fully saturated rings. The predicted molar refractivity (Wildman–Crippen MR) is 107 cm³/mol. The van der Waals surface area contributed by atoms with Crippen LogP contribution in [0.3, 0.4) is 0 Å². The first-order valence-corrected chi connectivity index (χ1v) is 9.53. The van der Waals surface area contributed by atoms with Crippen LogP contribution in [0, 0.1) is 11.6 Å². The van der Waals surface area contributed by atoms with Crippen molar-refractivity contribution in [3.05, 3.63) is 58.0 Å². The summed E-state index contributed by atoms with van der Waals surface area (Å²) >= 11 is 6.09. The number of thiocarbonyl (C=S) groups is 1. The Morgan fingerprint density at radius 2 is 1.97 bits per heavy atom. The van der Waals surface area contributed by atoms with Gasteiger partial charge in [0.15, 0.2) is 24.0 Å². The molecule has 0 radical (unpaired) electrons. The van der Waals surface area contributed by atoms with E-state index in [2.05, 4.69) is 5.32 Å². The number of nitrogens with zero attached hydrogens (tertiary/aromatic N) is 1. The summed E-state index contributed by atoms with van der Waals surface area (Å²) in [6.07, 6.45) is 1.62. The number of hydrogen-bond donors (Lipinski definition) is 2. The van der Waals surface area contributed by atoms with Crippen LogP contribution in [0.4, 0.5) is 14.5 Å². The molecule has 29 heavy (non-hydrogen) atoms. The van der Waals surface area contributed by atoms with Gasteiger partial charge < -0.3 is 20.1 Å². The zero-order valence-corrected chi connectivity index (χ0v) is 16.2. The Kier molecular flexibility index (Phi) is 4.97. The molecule has 2 N–H and O–H groups in total. The fourth-order valence-electron chi connectivity index (χ4n) is 2.95. The number of amides is 2. The van der Waals surface area contributed by atoms with Crippen LogP contribution < -0.4 is 15.0 Å². The first-order chi connectivity index (χ1) is 13.8. The highest BCUT2D eigenvalue weighted by molar-refractivity contribution is 8.26. The number of fused-ring (bicyclic) bond motifs is 1. The first kappa shape index (κ1) is 19.3. The SMILES string of the molecule is O=C1NC(=S)S/C1=C\c1ccc2c(c1)N(Cc1cc(F)c(O)c(F)c1)C(=O)CO2. The zero-order valence-electron chi connectivity index (χ0n) is 14.6. The summed E-state index contributed by atoms with van der Waals surface area (Å²) in [5, 5.41) is 11.8. The van der Waals surface area contributed by atoms with Gasteiger partial charge in [-0.25, -0.2) is 8.78 Å². The fourth-order valence-corrected chi connectivity index (χ4v) is 3.99. The van der Waals surface area contributed by atoms with E-state index in [-0.39, 0.29) is 24.6 Å². The van der Waals surface area contributed by atoms with Gasteiger partial charge in [0, 0.05) is 0 Å². The monoisotopic (exact) mass is 434 g/mol. The molecular formula is C19H12F2N2O4S2. The van der Waals surface area contributed by atoms with Crippen LogP contribution in [0.15, 0.2) is 35.2 Å². The van der Waals surface area contributed by atoms with Gasteiger partial charge in [0.05, 0.1) is 17.1 Å². The van der Waals surface area contributed by atoms with E-state index >= 15 is 0 Å². The number of anilines is 1. The molecule has 1 saturated heterocycles. The Morgan fingerprint density at radius 1 is 1.24 bits per heavy atom. The summed E-state index contributed by atoms with van der Waals surface area (Å²) in [6.45, 7) is -0.342. The fraction of sp³-hybridized carbons (Fsp3) is 0.105. The van der Waals surface area contributed by atoms with E-state index in [1.807, 2.05) is 0 Å². The van der Waals surface area contributed by atoms with Crippen LogP contribution in [0.5, 0.6) is 11.5 Å². The lowest BCUT2D eigenvalue weighted by Crippen LogP contribution is -2.38. The molecule has 0 saturated carbocycles. The number of nitrogens with one attached hydrogen (secondary N) is 1. The minimum atomic E-state index is -1.11. The van der Waals surface area contributed by atoms with Crippen LogP contribution in [0.1, 0.15) is 11.1 Å². The first-order valence-electron chi connectivity index (χ1n) is 8.31. The Labute approximate surface area is 173 Å². The van der Waals surface area contributed by atoms with E-state index in [9.17, 15) is 23.5 Å². The maximum atomic E-state index is 13.7. The summed E-state index contributed by atoms with van der Waals surface area (Å²) in [4.78, 5) is 26.0. The van der Waals surface area contributed by atoms with E-state index < -0.39 is 23.3 Å². The molecule has 0 aromatic heterocycles. The van der Waals surface area contributed by atoms with Gasteiger partial charge in [-0.15, -0.1) is 0 Å². The highest BCUT2D eigenvalue weighted by Gasteiger charge is 2.27. The highest BCUT2D eigenvalue weighted by atomic mass is 32.2. The number of halogens is 2. The average molecular weight is 434 g/mol. The number of rotatable bonds is 3. The molecule has 0 aliphatic carbocycles. The summed E-state index contributed by atoms with van der Waals surface area (Å²) in [5.74, 6) is -3.58. The van der Waals surface area contributed by atoms with Gasteiger partial charge in [-0.3, -0.25) is 9.59 Å². The standard InChI is InChI=1S/C19H12F2N2O4S2/c20-11-3-10(4-12(21)17(11)25)7-23-13-5-9(1-2-14(13)27-8-16(23)24)6-15-18(26)22-19(28)29-15/h1-6,25H,7-8H2,(H,22,26,28)/b15-6-. The van der Waals surface area contributed by atoms with Crippen molar-refractivity contribution in [1.29, 1.82) is 0 Å². The van der Waals surface area contributed by atoms with Gasteiger partial charge >= 0.3 is 0 Å². The van der Waals surface area contributed by atoms with Crippen molar-refractivity contribution in [3.8, 4) is 11.5 Å². The lowest BCUT2D eigenvalue weighted by Gasteiger charge is -2.30. The number of phenols is 1. The van der Waals surface area contributed by atoms with Crippen molar-refractivity contribution >= 4 is 51.9 Å². The Bertz CT molecular complexity index is 1080. The van der Waals surface area contributed by atoms with Gasteiger partial charge in [-0.2, -0.15) is 0 Å². The molecule has 4 rings (SSSR count). The lowest BCUT2D eigenvalue weighted by molar-refractivity contribution is -0.121. The normalized spacial score (nSPS) is 17.4. The molecule has 0 atom stereocenters. The number of thioether (sulfide) groups is 1. The molecular weight excluding hydrogens is 422 g/mol. The molecule has 2 heterocycles. The number of ether oxygens (including phenoxy) is 1. The molecule has 6 nitrogen and oxygen atoms in total. The van der Waals surface area contributed by atoms with Crippen LogP contribution in [-0.4, -0.2) is 27.8 Å². The van der Waals surface area contributed by atoms with Crippen LogP contribution in [-0.2, 0) is 16.1 Å². The molecule has 148 valence electrons. The number of carbonyl (C=O) groups excluding carboxylic acids is 2. The molecule has 0 unspecified atom stereocenters. The maximum Gasteiger partial charge on any atom is 0.265 e. The minimum Gasteiger partial charge on any atom is -0.503 e. The van der Waals surface area contributed by atoms with Crippen molar-refractivity contribution in [3.63, 3.8) is 0 Å². The van der Waals surface area contributed by atoms with E-state index in [0.29, 0.717) is 26.2 Å². The Morgan fingerprint density at radius 3 is 2.62 bits per heavy atom. The minimum absolute atomic E-state index is 0.122. The quantitative estimate of drug-likeness (QED) is 0.571. The van der Waals surface area contributed by atoms with Gasteiger partial charge in [0.25, 0.3) is 11.8 Å². The Balaban J connectivity index is 1.69. The molecule has 2 aliphatic rings. The predicted octanol–water partition coefficient (Wildman–Crippen LogP) is 3.08. The van der Waals surface area contributed by atoms with Crippen molar-refractivity contribution < 1.29 is 28.2 Å². The summed E-state index contributed by atoms with van der Waals surface area (Å²) in [5.41, 5.74) is 1.19. The number of hydrogen-bond acceptors (Lipinski definition) is 6. The van der Waals surface area contributed by atoms with Crippen LogP contribution >= 0.6 is 24.0 Å². The second-order valence-corrected chi connectivity index (χ2v) is 7.97. The Hall–Kier alpha value is -2.98. The smallest absolute Gasteiger partial charge is 0.265 e. The molecule has 2 aliphatic heterocycles. The summed E-state index contributed by atoms with van der Waals surface area (Å²) in [6, 6.07) is 6.94. The van der Waals surface area contributed by atoms with Crippen molar-refractivity contribution in [2.24, 2.45) is 0 Å². The molecule has 2 amide bonds. The third-order valence-electron chi connectivity index (χ3n) is 4.28. The van der Waals surface area contributed by atoms with Crippen LogP contribution in [0.2, 0.25) is 0 Å². The van der Waals surface area contributed by atoms with E-state index in [1.54, 1.807) is 24.3 Å². The lowest BCUT2D eigenvalue weighted by atomic mass is 10.1. The van der Waals surface area contributed by atoms with Gasteiger partial charge in [0.1, 0.15) is 10.1 Å². The van der Waals surface area contributed by atoms with Gasteiger partial charge in [-0.05, 0) is 41.5 Å². The second kappa shape index (κ2) is 7.45. The maximum absolute atomic E-state index is 13.7. The second-order valence-electron chi connectivity index (χ2n) is 6.26. The molecule has 0 bridgehead atoms. The number of carbonyl (C=O) groups is 2. The molecule has 0 spiro atoms. The molecule has 2 aromatic rings. The summed E-state index contributed by atoms with van der Waals surface area (Å²) in [7, 11) is 0. The largest absolute Gasteiger partial charge is 0.503 e. The van der Waals surface area contributed by atoms with Crippen molar-refractivity contribution in [2.45, 2.75) is 6.54 Å². The number of phenolic OH excluding ortho intramolecular Hbond substituents is 1. The van der Waals surface area contributed by atoms with Crippen molar-refractivity contribution in [2.75, 3.05) is 11.5 Å². The van der Waals surface area contributed by atoms with E-state index in [4.69, 9.17) is 17.0 Å². The zero-order chi connectivity index (χ0) is 20.7. The molecule has 2 aromatic carbocycles. The van der Waals surface area contributed by atoms with Crippen molar-refractivity contribution in [1.82, 2.24) is 5.32 Å². The third kappa shape index (κ3) is 3.81. The number of benzene rings is 2. The average Bonchev–Trinajstić information content (AvgIpc) is 2.99. The van der Waals surface area contributed by atoms with E-state index in [1.165, 1.54) is 4.90 Å². The van der Waals surface area contributed by atoms with E-state index in [0.717, 1.165) is 23.9 Å². The van der Waals surface area contributed by atoms with Gasteiger partial charge in [0.2, 0.25) is 0 Å².